The molecule has 0 fully saturated rings. The number of rotatable bonds is 3. The Morgan fingerprint density at radius 2 is 2.31 bits per heavy atom. The molecule has 0 aliphatic rings. The Bertz CT molecular complexity index is 503. The van der Waals surface area contributed by atoms with Gasteiger partial charge in [0.2, 0.25) is 0 Å². The second kappa shape index (κ2) is 5.12. The first-order chi connectivity index (χ1) is 7.65. The maximum atomic E-state index is 12.8. The molecule has 0 amide bonds. The summed E-state index contributed by atoms with van der Waals surface area (Å²) in [7, 11) is 0. The number of hydrogen-bond donors (Lipinski definition) is 1. The van der Waals surface area contributed by atoms with Crippen molar-refractivity contribution in [3.8, 4) is 0 Å². The molecule has 16 heavy (non-hydrogen) atoms. The maximum Gasteiger partial charge on any atom is 0.124 e. The number of thiazole rings is 1. The summed E-state index contributed by atoms with van der Waals surface area (Å²) < 4.78 is 14.2. The van der Waals surface area contributed by atoms with E-state index in [1.807, 2.05) is 0 Å². The van der Waals surface area contributed by atoms with Crippen molar-refractivity contribution < 1.29 is 4.39 Å². The summed E-state index contributed by atoms with van der Waals surface area (Å²) in [5, 5.41) is 4.04. The summed E-state index contributed by atoms with van der Waals surface area (Å²) in [6.07, 6.45) is 1.61. The Labute approximate surface area is 110 Å². The summed E-state index contributed by atoms with van der Waals surface area (Å²) in [6.45, 7) is 0.571. The van der Waals surface area contributed by atoms with Crippen molar-refractivity contribution in [1.29, 1.82) is 0 Å². The first-order valence-corrected chi connectivity index (χ1v) is 6.43. The first kappa shape index (κ1) is 11.8. The molecule has 0 unspecified atom stereocenters. The lowest BCUT2D eigenvalue weighted by molar-refractivity contribution is 0.627. The van der Waals surface area contributed by atoms with Crippen molar-refractivity contribution in [1.82, 2.24) is 4.98 Å². The van der Waals surface area contributed by atoms with E-state index >= 15 is 0 Å². The van der Waals surface area contributed by atoms with Gasteiger partial charge in [0.25, 0.3) is 0 Å². The fourth-order valence-corrected chi connectivity index (χ4v) is 2.56. The van der Waals surface area contributed by atoms with Crippen LogP contribution in [0.25, 0.3) is 0 Å². The van der Waals surface area contributed by atoms with Gasteiger partial charge in [-0.1, -0.05) is 11.6 Å². The molecule has 1 N–H and O–H groups in total. The van der Waals surface area contributed by atoms with Crippen LogP contribution in [0, 0.1) is 5.82 Å². The Morgan fingerprint density at radius 3 is 2.94 bits per heavy atom. The molecule has 0 bridgehead atoms. The minimum atomic E-state index is -0.269. The van der Waals surface area contributed by atoms with Crippen molar-refractivity contribution in [2.75, 3.05) is 5.32 Å². The van der Waals surface area contributed by atoms with Crippen LogP contribution in [0.2, 0.25) is 4.34 Å². The fraction of sp³-hybridized carbons (Fsp3) is 0.100. The molecule has 0 radical (unpaired) electrons. The van der Waals surface area contributed by atoms with Crippen LogP contribution < -0.4 is 5.32 Å². The van der Waals surface area contributed by atoms with Crippen LogP contribution in [0.1, 0.15) is 5.01 Å². The molecule has 2 rings (SSSR count). The highest BCUT2D eigenvalue weighted by molar-refractivity contribution is 9.10. The molecule has 1 aromatic heterocycles. The summed E-state index contributed by atoms with van der Waals surface area (Å²) in [6, 6.07) is 4.49. The summed E-state index contributed by atoms with van der Waals surface area (Å²) in [4.78, 5) is 4.11. The van der Waals surface area contributed by atoms with Crippen molar-refractivity contribution >= 4 is 44.6 Å². The van der Waals surface area contributed by atoms with Crippen LogP contribution in [-0.4, -0.2) is 4.98 Å². The zero-order valence-corrected chi connectivity index (χ0v) is 11.2. The largest absolute Gasteiger partial charge is 0.378 e. The molecule has 84 valence electrons. The zero-order valence-electron chi connectivity index (χ0n) is 8.01. The van der Waals surface area contributed by atoms with Crippen LogP contribution >= 0.6 is 38.9 Å². The highest BCUT2D eigenvalue weighted by Gasteiger charge is 2.03. The average Bonchev–Trinajstić information content (AvgIpc) is 2.63. The maximum absolute atomic E-state index is 12.8. The van der Waals surface area contributed by atoms with Crippen LogP contribution in [0.3, 0.4) is 0 Å². The van der Waals surface area contributed by atoms with E-state index in [1.54, 1.807) is 12.3 Å². The lowest BCUT2D eigenvalue weighted by Crippen LogP contribution is -1.99. The normalized spacial score (nSPS) is 10.4. The van der Waals surface area contributed by atoms with Crippen molar-refractivity contribution in [2.45, 2.75) is 6.54 Å². The van der Waals surface area contributed by atoms with Gasteiger partial charge >= 0.3 is 0 Å². The monoisotopic (exact) mass is 320 g/mol. The van der Waals surface area contributed by atoms with E-state index in [4.69, 9.17) is 11.6 Å². The minimum Gasteiger partial charge on any atom is -0.378 e. The fourth-order valence-electron chi connectivity index (χ4n) is 1.17. The molecular formula is C10H7BrClFN2S. The molecular weight excluding hydrogens is 315 g/mol. The van der Waals surface area contributed by atoms with E-state index in [9.17, 15) is 4.39 Å². The molecule has 0 atom stereocenters. The second-order valence-corrected chi connectivity index (χ2v) is 5.64. The highest BCUT2D eigenvalue weighted by Crippen LogP contribution is 2.25. The van der Waals surface area contributed by atoms with Crippen molar-refractivity contribution in [3.05, 3.63) is 44.0 Å². The molecule has 0 aliphatic carbocycles. The van der Waals surface area contributed by atoms with E-state index in [2.05, 4.69) is 26.2 Å². The Morgan fingerprint density at radius 1 is 1.50 bits per heavy atom. The number of benzene rings is 1. The van der Waals surface area contributed by atoms with Gasteiger partial charge in [0.15, 0.2) is 0 Å². The lowest BCUT2D eigenvalue weighted by Gasteiger charge is -2.06. The zero-order chi connectivity index (χ0) is 11.5. The van der Waals surface area contributed by atoms with Gasteiger partial charge in [-0.2, -0.15) is 0 Å². The molecule has 2 nitrogen and oxygen atoms in total. The van der Waals surface area contributed by atoms with Gasteiger partial charge in [-0.05, 0) is 34.1 Å². The Kier molecular flexibility index (Phi) is 3.78. The number of nitrogens with zero attached hydrogens (tertiary/aromatic N) is 1. The van der Waals surface area contributed by atoms with Gasteiger partial charge in [0.1, 0.15) is 15.2 Å². The van der Waals surface area contributed by atoms with E-state index in [0.717, 1.165) is 10.7 Å². The standard InChI is InChI=1S/C10H7BrClFN2S/c11-7-3-6(13)1-2-8(7)14-5-10-15-4-9(12)16-10/h1-4,14H,5H2. The van der Waals surface area contributed by atoms with Crippen LogP contribution in [0.15, 0.2) is 28.9 Å². The average molecular weight is 322 g/mol. The smallest absolute Gasteiger partial charge is 0.124 e. The lowest BCUT2D eigenvalue weighted by atomic mass is 10.3. The molecule has 0 saturated heterocycles. The predicted octanol–water partition coefficient (Wildman–Crippen LogP) is 4.31. The number of aromatic nitrogens is 1. The van der Waals surface area contributed by atoms with Crippen molar-refractivity contribution in [3.63, 3.8) is 0 Å². The highest BCUT2D eigenvalue weighted by atomic mass is 79.9. The van der Waals surface area contributed by atoms with E-state index in [1.165, 1.54) is 23.5 Å². The quantitative estimate of drug-likeness (QED) is 0.911. The van der Waals surface area contributed by atoms with Crippen molar-refractivity contribution in [2.24, 2.45) is 0 Å². The second-order valence-electron chi connectivity index (χ2n) is 3.04. The molecule has 1 heterocycles. The van der Waals surface area contributed by atoms with Gasteiger partial charge in [-0.15, -0.1) is 11.3 Å². The third-order valence-electron chi connectivity index (χ3n) is 1.89. The molecule has 0 spiro atoms. The van der Waals surface area contributed by atoms with Gasteiger partial charge < -0.3 is 5.32 Å². The third kappa shape index (κ3) is 2.93. The van der Waals surface area contributed by atoms with Gasteiger partial charge in [0, 0.05) is 10.2 Å². The van der Waals surface area contributed by atoms with E-state index in [-0.39, 0.29) is 5.82 Å². The van der Waals surface area contributed by atoms with E-state index < -0.39 is 0 Å². The summed E-state index contributed by atoms with van der Waals surface area (Å²) >= 11 is 10.5. The van der Waals surface area contributed by atoms with Gasteiger partial charge in [-0.25, -0.2) is 9.37 Å². The summed E-state index contributed by atoms with van der Waals surface area (Å²) in [5.74, 6) is -0.269. The molecule has 0 aliphatic heterocycles. The number of anilines is 1. The third-order valence-corrected chi connectivity index (χ3v) is 3.66. The SMILES string of the molecule is Fc1ccc(NCc2ncc(Cl)s2)c(Br)c1. The van der Waals surface area contributed by atoms with Gasteiger partial charge in [-0.3, -0.25) is 0 Å². The van der Waals surface area contributed by atoms with Crippen LogP contribution in [-0.2, 0) is 6.54 Å². The van der Waals surface area contributed by atoms with E-state index in [0.29, 0.717) is 15.4 Å². The number of hydrogen-bond acceptors (Lipinski definition) is 3. The number of halogens is 3. The molecule has 6 heteroatoms. The summed E-state index contributed by atoms with van der Waals surface area (Å²) in [5.41, 5.74) is 0.827. The predicted molar refractivity (Wildman–Crippen MR) is 68.6 cm³/mol. The molecule has 0 saturated carbocycles. The Hall–Kier alpha value is -0.650. The van der Waals surface area contributed by atoms with Gasteiger partial charge in [0.05, 0.1) is 12.7 Å². The topological polar surface area (TPSA) is 24.9 Å². The molecule has 1 aromatic carbocycles. The minimum absolute atomic E-state index is 0.269. The van der Waals surface area contributed by atoms with Crippen LogP contribution in [0.5, 0.6) is 0 Å². The molecule has 2 aromatic rings. The first-order valence-electron chi connectivity index (χ1n) is 4.44. The number of nitrogens with one attached hydrogen (secondary N) is 1. The Balaban J connectivity index is 2.04. The van der Waals surface area contributed by atoms with Crippen LogP contribution in [0.4, 0.5) is 10.1 Å².